The zero-order valence-electron chi connectivity index (χ0n) is 15.9. The van der Waals surface area contributed by atoms with Crippen molar-refractivity contribution in [3.05, 3.63) is 52.9 Å². The molecule has 0 spiro atoms. The first-order valence-electron chi connectivity index (χ1n) is 8.76. The molecule has 0 aliphatic rings. The van der Waals surface area contributed by atoms with E-state index >= 15 is 0 Å². The molecule has 2 aromatic rings. The maximum Gasteiger partial charge on any atom is 0.344 e. The number of esters is 1. The van der Waals surface area contributed by atoms with E-state index in [-0.39, 0.29) is 17.3 Å². The van der Waals surface area contributed by atoms with E-state index in [9.17, 15) is 14.4 Å². The molecular weight excluding hydrogens is 348 g/mol. The second-order valence-corrected chi connectivity index (χ2v) is 6.66. The lowest BCUT2D eigenvalue weighted by Crippen LogP contribution is -2.43. The fourth-order valence-electron chi connectivity index (χ4n) is 2.62. The number of hydrogen-bond donors (Lipinski definition) is 1. The molecule has 0 unspecified atom stereocenters. The van der Waals surface area contributed by atoms with Crippen molar-refractivity contribution in [1.82, 2.24) is 10.5 Å². The van der Waals surface area contributed by atoms with Gasteiger partial charge >= 0.3 is 5.97 Å². The number of carbonyl (C=O) groups is 3. The number of hydrogen-bond acceptors (Lipinski definition) is 6. The topological polar surface area (TPSA) is 98.5 Å². The summed E-state index contributed by atoms with van der Waals surface area (Å²) in [5, 5.41) is 6.40. The lowest BCUT2D eigenvalue weighted by Gasteiger charge is -2.16. The molecule has 7 heteroatoms. The van der Waals surface area contributed by atoms with Gasteiger partial charge in [0.05, 0.1) is 11.7 Å². The lowest BCUT2D eigenvalue weighted by atomic mass is 10.0. The maximum atomic E-state index is 12.3. The average Bonchev–Trinajstić information content (AvgIpc) is 3.02. The molecule has 0 saturated carbocycles. The number of amides is 1. The monoisotopic (exact) mass is 372 g/mol. The van der Waals surface area contributed by atoms with Crippen LogP contribution in [0.15, 0.2) is 34.9 Å². The lowest BCUT2D eigenvalue weighted by molar-refractivity contribution is -0.128. The second kappa shape index (κ2) is 9.12. The summed E-state index contributed by atoms with van der Waals surface area (Å²) >= 11 is 0. The standard InChI is InChI=1S/C20H24N2O5/c1-12(2)19-18(13(3)22-27-19)20(25)26-11-17(24)21-16(14(4)23)10-15-8-6-5-7-9-15/h5-9,12,16H,10-11H2,1-4H3,(H,21,24)/t16-/m0/s1. The number of aromatic nitrogens is 1. The summed E-state index contributed by atoms with van der Waals surface area (Å²) < 4.78 is 10.2. The van der Waals surface area contributed by atoms with Crippen LogP contribution >= 0.6 is 0 Å². The Balaban J connectivity index is 1.95. The van der Waals surface area contributed by atoms with Crippen LogP contribution < -0.4 is 5.32 Å². The van der Waals surface area contributed by atoms with Gasteiger partial charge < -0.3 is 14.6 Å². The van der Waals surface area contributed by atoms with Crippen molar-refractivity contribution in [3.63, 3.8) is 0 Å². The molecule has 0 bridgehead atoms. The van der Waals surface area contributed by atoms with Crippen molar-refractivity contribution in [2.75, 3.05) is 6.61 Å². The molecule has 0 radical (unpaired) electrons. The number of rotatable bonds is 8. The molecule has 0 fully saturated rings. The second-order valence-electron chi connectivity index (χ2n) is 6.66. The molecule has 27 heavy (non-hydrogen) atoms. The van der Waals surface area contributed by atoms with Gasteiger partial charge in [-0.2, -0.15) is 0 Å². The molecule has 1 heterocycles. The molecule has 144 valence electrons. The summed E-state index contributed by atoms with van der Waals surface area (Å²) in [5.74, 6) is -1.01. The van der Waals surface area contributed by atoms with Gasteiger partial charge in [-0.15, -0.1) is 0 Å². The molecule has 1 amide bonds. The Bertz CT molecular complexity index is 811. The largest absolute Gasteiger partial charge is 0.452 e. The van der Waals surface area contributed by atoms with Crippen molar-refractivity contribution in [1.29, 1.82) is 0 Å². The predicted octanol–water partition coefficient (Wildman–Crippen LogP) is 2.58. The number of nitrogens with zero attached hydrogens (tertiary/aromatic N) is 1. The van der Waals surface area contributed by atoms with Crippen LogP contribution in [0.2, 0.25) is 0 Å². The minimum atomic E-state index is -0.679. The zero-order valence-corrected chi connectivity index (χ0v) is 15.9. The SMILES string of the molecule is CC(=O)[C@H](Cc1ccccc1)NC(=O)COC(=O)c1c(C)noc1C(C)C. The van der Waals surface area contributed by atoms with Gasteiger partial charge in [0.2, 0.25) is 0 Å². The first-order valence-corrected chi connectivity index (χ1v) is 8.76. The minimum Gasteiger partial charge on any atom is -0.452 e. The van der Waals surface area contributed by atoms with E-state index in [0.29, 0.717) is 17.9 Å². The summed E-state index contributed by atoms with van der Waals surface area (Å²) in [6, 6.07) is 8.69. The number of benzene rings is 1. The van der Waals surface area contributed by atoms with E-state index in [1.807, 2.05) is 44.2 Å². The summed E-state index contributed by atoms with van der Waals surface area (Å²) in [4.78, 5) is 36.3. The number of aryl methyl sites for hydroxylation is 1. The van der Waals surface area contributed by atoms with Crippen molar-refractivity contribution in [2.45, 2.75) is 46.1 Å². The number of Topliss-reactive ketones (excluding diaryl/α,β-unsaturated/α-hetero) is 1. The van der Waals surface area contributed by atoms with Gasteiger partial charge in [0.25, 0.3) is 5.91 Å². The third-order valence-electron chi connectivity index (χ3n) is 4.06. The third-order valence-corrected chi connectivity index (χ3v) is 4.06. The molecule has 2 rings (SSSR count). The van der Waals surface area contributed by atoms with Gasteiger partial charge in [0.15, 0.2) is 18.2 Å². The summed E-state index contributed by atoms with van der Waals surface area (Å²) in [5.41, 5.74) is 1.58. The maximum absolute atomic E-state index is 12.3. The Kier molecular flexibility index (Phi) is 6.87. The van der Waals surface area contributed by atoms with E-state index in [2.05, 4.69) is 10.5 Å². The van der Waals surface area contributed by atoms with Gasteiger partial charge in [-0.1, -0.05) is 49.3 Å². The van der Waals surface area contributed by atoms with Gasteiger partial charge in [0.1, 0.15) is 5.56 Å². The minimum absolute atomic E-state index is 0.0458. The first kappa shape index (κ1) is 20.4. The molecular formula is C20H24N2O5. The van der Waals surface area contributed by atoms with Crippen molar-refractivity contribution in [2.24, 2.45) is 0 Å². The van der Waals surface area contributed by atoms with E-state index < -0.39 is 24.5 Å². The smallest absolute Gasteiger partial charge is 0.344 e. The fourth-order valence-corrected chi connectivity index (χ4v) is 2.62. The first-order chi connectivity index (χ1) is 12.8. The van der Waals surface area contributed by atoms with Crippen molar-refractivity contribution < 1.29 is 23.6 Å². The van der Waals surface area contributed by atoms with E-state index in [4.69, 9.17) is 9.26 Å². The number of carbonyl (C=O) groups excluding carboxylic acids is 3. The Morgan fingerprint density at radius 1 is 1.19 bits per heavy atom. The number of ketones is 1. The highest BCUT2D eigenvalue weighted by molar-refractivity contribution is 5.94. The van der Waals surface area contributed by atoms with Crippen LogP contribution in [0.4, 0.5) is 0 Å². The Morgan fingerprint density at radius 2 is 1.85 bits per heavy atom. The van der Waals surface area contributed by atoms with E-state index in [0.717, 1.165) is 5.56 Å². The van der Waals surface area contributed by atoms with Crippen molar-refractivity contribution >= 4 is 17.7 Å². The Morgan fingerprint density at radius 3 is 2.44 bits per heavy atom. The van der Waals surface area contributed by atoms with E-state index in [1.54, 1.807) is 6.92 Å². The molecule has 0 aliphatic heterocycles. The summed E-state index contributed by atoms with van der Waals surface area (Å²) in [6.07, 6.45) is 0.373. The molecule has 0 saturated heterocycles. The Hall–Kier alpha value is -2.96. The number of ether oxygens (including phenoxy) is 1. The molecule has 0 aliphatic carbocycles. The fraction of sp³-hybridized carbons (Fsp3) is 0.400. The Labute approximate surface area is 158 Å². The molecule has 1 aromatic heterocycles. The third kappa shape index (κ3) is 5.51. The highest BCUT2D eigenvalue weighted by Gasteiger charge is 2.25. The summed E-state index contributed by atoms with van der Waals surface area (Å²) in [6.45, 7) is 6.29. The van der Waals surface area contributed by atoms with Crippen molar-refractivity contribution in [3.8, 4) is 0 Å². The summed E-state index contributed by atoms with van der Waals surface area (Å²) in [7, 11) is 0. The van der Waals surface area contributed by atoms with Crippen LogP contribution in [0.5, 0.6) is 0 Å². The number of nitrogens with one attached hydrogen (secondary N) is 1. The van der Waals surface area contributed by atoms with Crippen LogP contribution in [0.25, 0.3) is 0 Å². The van der Waals surface area contributed by atoms with Crippen LogP contribution in [-0.2, 0) is 20.7 Å². The predicted molar refractivity (Wildman–Crippen MR) is 98.4 cm³/mol. The highest BCUT2D eigenvalue weighted by Crippen LogP contribution is 2.22. The molecule has 1 N–H and O–H groups in total. The van der Waals surface area contributed by atoms with Crippen LogP contribution in [-0.4, -0.2) is 35.5 Å². The average molecular weight is 372 g/mol. The van der Waals surface area contributed by atoms with E-state index in [1.165, 1.54) is 6.92 Å². The molecule has 1 atom stereocenters. The van der Waals surface area contributed by atoms with Crippen LogP contribution in [0.3, 0.4) is 0 Å². The normalized spacial score (nSPS) is 11.9. The van der Waals surface area contributed by atoms with Gasteiger partial charge in [0, 0.05) is 5.92 Å². The molecule has 7 nitrogen and oxygen atoms in total. The van der Waals surface area contributed by atoms with Gasteiger partial charge in [-0.3, -0.25) is 9.59 Å². The molecule has 1 aromatic carbocycles. The van der Waals surface area contributed by atoms with Gasteiger partial charge in [-0.05, 0) is 25.8 Å². The van der Waals surface area contributed by atoms with Gasteiger partial charge in [-0.25, -0.2) is 4.79 Å². The highest BCUT2D eigenvalue weighted by atomic mass is 16.5. The zero-order chi connectivity index (χ0) is 20.0. The van der Waals surface area contributed by atoms with Crippen LogP contribution in [0.1, 0.15) is 54.1 Å². The van der Waals surface area contributed by atoms with Crippen LogP contribution in [0, 0.1) is 6.92 Å². The quantitative estimate of drug-likeness (QED) is 0.715.